The molecule has 0 aliphatic rings. The summed E-state index contributed by atoms with van der Waals surface area (Å²) >= 11 is 5.97. The van der Waals surface area contributed by atoms with Gasteiger partial charge in [0.1, 0.15) is 6.54 Å². The topological polar surface area (TPSA) is 82.1 Å². The highest BCUT2D eigenvalue weighted by Crippen LogP contribution is 2.33. The molecule has 0 saturated heterocycles. The average molecular weight is 414 g/mol. The molecule has 0 amide bonds. The predicted octanol–water partition coefficient (Wildman–Crippen LogP) is 3.03. The molecule has 0 aromatic heterocycles. The fourth-order valence-corrected chi connectivity index (χ4v) is 4.20. The zero-order valence-corrected chi connectivity index (χ0v) is 16.9. The molecule has 2 aromatic carbocycles. The fraction of sp³-hybridized carbons (Fsp3) is 0.278. The molecule has 0 radical (unpaired) electrons. The lowest BCUT2D eigenvalue weighted by molar-refractivity contribution is -0.138. The van der Waals surface area contributed by atoms with E-state index in [0.29, 0.717) is 22.0 Å². The number of esters is 1. The second-order valence-electron chi connectivity index (χ2n) is 5.54. The summed E-state index contributed by atoms with van der Waals surface area (Å²) in [6.07, 6.45) is 0. The van der Waals surface area contributed by atoms with Crippen molar-refractivity contribution in [1.29, 1.82) is 0 Å². The maximum Gasteiger partial charge on any atom is 0.326 e. The van der Waals surface area contributed by atoms with Crippen LogP contribution in [0.2, 0.25) is 5.02 Å². The number of ether oxygens (including phenoxy) is 3. The number of rotatable bonds is 7. The normalized spacial score (nSPS) is 11.0. The van der Waals surface area contributed by atoms with Crippen molar-refractivity contribution in [3.63, 3.8) is 0 Å². The number of sulfonamides is 1. The summed E-state index contributed by atoms with van der Waals surface area (Å²) in [6.45, 7) is 1.21. The van der Waals surface area contributed by atoms with Gasteiger partial charge in [-0.25, -0.2) is 8.42 Å². The third-order valence-corrected chi connectivity index (χ3v) is 5.86. The SMILES string of the molecule is COC(=O)CN(c1ccc(Cl)cc1C)S(=O)(=O)c1ccc(OC)c(OC)c1. The zero-order valence-electron chi connectivity index (χ0n) is 15.4. The number of carbonyl (C=O) groups is 1. The number of methoxy groups -OCH3 is 3. The van der Waals surface area contributed by atoms with Gasteiger partial charge in [-0.15, -0.1) is 0 Å². The standard InChI is InChI=1S/C18H20ClNO6S/c1-12-9-13(19)5-7-15(12)20(11-18(21)26-4)27(22,23)14-6-8-16(24-2)17(10-14)25-3/h5-10H,11H2,1-4H3. The molecule has 2 rings (SSSR count). The number of anilines is 1. The second-order valence-corrected chi connectivity index (χ2v) is 7.83. The van der Waals surface area contributed by atoms with Crippen LogP contribution < -0.4 is 13.8 Å². The lowest BCUT2D eigenvalue weighted by Gasteiger charge is -2.25. The molecule has 0 bridgehead atoms. The van der Waals surface area contributed by atoms with E-state index in [-0.39, 0.29) is 10.6 Å². The Hall–Kier alpha value is -2.45. The smallest absolute Gasteiger partial charge is 0.326 e. The van der Waals surface area contributed by atoms with Gasteiger partial charge >= 0.3 is 5.97 Å². The van der Waals surface area contributed by atoms with E-state index in [4.69, 9.17) is 21.1 Å². The van der Waals surface area contributed by atoms with Gasteiger partial charge in [0, 0.05) is 11.1 Å². The van der Waals surface area contributed by atoms with Crippen LogP contribution in [0.15, 0.2) is 41.3 Å². The Morgan fingerprint density at radius 3 is 2.26 bits per heavy atom. The Morgan fingerprint density at radius 1 is 1.04 bits per heavy atom. The minimum Gasteiger partial charge on any atom is -0.493 e. The number of nitrogens with zero attached hydrogens (tertiary/aromatic N) is 1. The molecule has 0 heterocycles. The van der Waals surface area contributed by atoms with Crippen LogP contribution in [0.25, 0.3) is 0 Å². The van der Waals surface area contributed by atoms with Gasteiger partial charge < -0.3 is 14.2 Å². The first kappa shape index (κ1) is 20.9. The number of benzene rings is 2. The Labute approximate surface area is 163 Å². The summed E-state index contributed by atoms with van der Waals surface area (Å²) in [5, 5.41) is 0.456. The van der Waals surface area contributed by atoms with Gasteiger partial charge in [0.15, 0.2) is 11.5 Å². The van der Waals surface area contributed by atoms with Gasteiger partial charge in [-0.1, -0.05) is 11.6 Å². The molecule has 0 spiro atoms. The molecule has 0 saturated carbocycles. The van der Waals surface area contributed by atoms with Crippen LogP contribution in [0.1, 0.15) is 5.56 Å². The van der Waals surface area contributed by atoms with Crippen molar-refractivity contribution < 1.29 is 27.4 Å². The summed E-state index contributed by atoms with van der Waals surface area (Å²) in [6, 6.07) is 8.91. The van der Waals surface area contributed by atoms with Crippen LogP contribution in [0.4, 0.5) is 5.69 Å². The molecular formula is C18H20ClNO6S. The molecule has 0 fully saturated rings. The minimum atomic E-state index is -4.10. The minimum absolute atomic E-state index is 0.0570. The van der Waals surface area contributed by atoms with Gasteiger partial charge in [0.25, 0.3) is 10.0 Å². The van der Waals surface area contributed by atoms with Gasteiger partial charge in [0.2, 0.25) is 0 Å². The molecule has 0 unspecified atom stereocenters. The molecule has 0 atom stereocenters. The second kappa shape index (κ2) is 8.49. The first-order valence-electron chi connectivity index (χ1n) is 7.82. The Kier molecular flexibility index (Phi) is 6.56. The van der Waals surface area contributed by atoms with Crippen molar-refractivity contribution in [2.75, 3.05) is 32.2 Å². The van der Waals surface area contributed by atoms with Gasteiger partial charge in [-0.2, -0.15) is 0 Å². The number of aryl methyl sites for hydroxylation is 1. The van der Waals surface area contributed by atoms with Crippen molar-refractivity contribution in [3.8, 4) is 11.5 Å². The van der Waals surface area contributed by atoms with Crippen LogP contribution in [0.3, 0.4) is 0 Å². The summed E-state index contributed by atoms with van der Waals surface area (Å²) in [5.41, 5.74) is 0.912. The third-order valence-electron chi connectivity index (χ3n) is 3.87. The summed E-state index contributed by atoms with van der Waals surface area (Å²) < 4.78 is 42.5. The van der Waals surface area contributed by atoms with E-state index in [1.165, 1.54) is 39.5 Å². The number of carbonyl (C=O) groups excluding carboxylic acids is 1. The molecule has 0 aliphatic carbocycles. The maximum absolute atomic E-state index is 13.3. The highest BCUT2D eigenvalue weighted by molar-refractivity contribution is 7.92. The van der Waals surface area contributed by atoms with E-state index in [1.807, 2.05) is 0 Å². The van der Waals surface area contributed by atoms with Crippen LogP contribution >= 0.6 is 11.6 Å². The predicted molar refractivity (Wildman–Crippen MR) is 102 cm³/mol. The van der Waals surface area contributed by atoms with E-state index >= 15 is 0 Å². The quantitative estimate of drug-likeness (QED) is 0.649. The molecule has 27 heavy (non-hydrogen) atoms. The number of hydrogen-bond donors (Lipinski definition) is 0. The van der Waals surface area contributed by atoms with Gasteiger partial charge in [0.05, 0.1) is 31.9 Å². The van der Waals surface area contributed by atoms with Crippen molar-refractivity contribution in [1.82, 2.24) is 0 Å². The molecular weight excluding hydrogens is 394 g/mol. The van der Waals surface area contributed by atoms with Crippen LogP contribution in [-0.4, -0.2) is 42.3 Å². The summed E-state index contributed by atoms with van der Waals surface area (Å²) in [5.74, 6) is -0.0588. The van der Waals surface area contributed by atoms with Gasteiger partial charge in [-0.05, 0) is 42.8 Å². The molecule has 0 aliphatic heterocycles. The third kappa shape index (κ3) is 4.45. The zero-order chi connectivity index (χ0) is 20.2. The average Bonchev–Trinajstić information content (AvgIpc) is 2.65. The first-order valence-corrected chi connectivity index (χ1v) is 9.64. The Morgan fingerprint density at radius 2 is 1.70 bits per heavy atom. The molecule has 2 aromatic rings. The fourth-order valence-electron chi connectivity index (χ4n) is 2.48. The highest BCUT2D eigenvalue weighted by atomic mass is 35.5. The number of hydrogen-bond acceptors (Lipinski definition) is 6. The van der Waals surface area contributed by atoms with Crippen LogP contribution in [-0.2, 0) is 19.6 Å². The maximum atomic E-state index is 13.3. The lowest BCUT2D eigenvalue weighted by atomic mass is 10.2. The van der Waals surface area contributed by atoms with E-state index < -0.39 is 22.5 Å². The molecule has 9 heteroatoms. The Bertz CT molecular complexity index is 945. The largest absolute Gasteiger partial charge is 0.493 e. The first-order chi connectivity index (χ1) is 12.7. The van der Waals surface area contributed by atoms with Crippen molar-refractivity contribution >= 4 is 33.3 Å². The Balaban J connectivity index is 2.61. The molecule has 0 N–H and O–H groups in total. The van der Waals surface area contributed by atoms with E-state index in [0.717, 1.165) is 4.31 Å². The van der Waals surface area contributed by atoms with Crippen molar-refractivity contribution in [3.05, 3.63) is 47.0 Å². The van der Waals surface area contributed by atoms with E-state index in [2.05, 4.69) is 4.74 Å². The van der Waals surface area contributed by atoms with Crippen molar-refractivity contribution in [2.45, 2.75) is 11.8 Å². The van der Waals surface area contributed by atoms with Crippen LogP contribution in [0, 0.1) is 6.92 Å². The molecule has 146 valence electrons. The number of halogens is 1. The summed E-state index contributed by atoms with van der Waals surface area (Å²) in [7, 11) is -0.0480. The highest BCUT2D eigenvalue weighted by Gasteiger charge is 2.29. The summed E-state index contributed by atoms with van der Waals surface area (Å²) in [4.78, 5) is 11.8. The lowest BCUT2D eigenvalue weighted by Crippen LogP contribution is -2.36. The van der Waals surface area contributed by atoms with E-state index in [9.17, 15) is 13.2 Å². The molecule has 7 nitrogen and oxygen atoms in total. The van der Waals surface area contributed by atoms with Crippen LogP contribution in [0.5, 0.6) is 11.5 Å². The van der Waals surface area contributed by atoms with Gasteiger partial charge in [-0.3, -0.25) is 9.10 Å². The van der Waals surface area contributed by atoms with Crippen molar-refractivity contribution in [2.24, 2.45) is 0 Å². The monoisotopic (exact) mass is 413 g/mol. The van der Waals surface area contributed by atoms with E-state index in [1.54, 1.807) is 25.1 Å².